The molecule has 1 heteroatoms. The van der Waals surface area contributed by atoms with Gasteiger partial charge in [-0.2, -0.15) is 0 Å². The zero-order valence-corrected chi connectivity index (χ0v) is 9.86. The molecular formula is C15H21N. The van der Waals surface area contributed by atoms with E-state index in [4.69, 9.17) is 0 Å². The molecule has 2 rings (SSSR count). The maximum absolute atomic E-state index is 3.85. The summed E-state index contributed by atoms with van der Waals surface area (Å²) in [6.07, 6.45) is 7.27. The van der Waals surface area contributed by atoms with Crippen LogP contribution in [0.15, 0.2) is 43.0 Å². The summed E-state index contributed by atoms with van der Waals surface area (Å²) in [5, 5.41) is 3.68. The van der Waals surface area contributed by atoms with Crippen molar-refractivity contribution >= 4 is 0 Å². The zero-order chi connectivity index (χ0) is 11.2. The Bertz CT molecular complexity index is 317. The van der Waals surface area contributed by atoms with Crippen LogP contribution in [-0.4, -0.2) is 6.04 Å². The van der Waals surface area contributed by atoms with Gasteiger partial charge in [-0.05, 0) is 30.7 Å². The normalized spacial score (nSPS) is 24.5. The fourth-order valence-electron chi connectivity index (χ4n) is 2.65. The Morgan fingerprint density at radius 3 is 2.81 bits per heavy atom. The number of hydrogen-bond acceptors (Lipinski definition) is 1. The van der Waals surface area contributed by atoms with Gasteiger partial charge in [0.2, 0.25) is 0 Å². The number of benzene rings is 1. The van der Waals surface area contributed by atoms with E-state index < -0.39 is 0 Å². The highest BCUT2D eigenvalue weighted by atomic mass is 14.9. The van der Waals surface area contributed by atoms with Crippen molar-refractivity contribution in [2.45, 2.75) is 38.3 Å². The van der Waals surface area contributed by atoms with Crippen molar-refractivity contribution in [3.05, 3.63) is 48.6 Å². The Balaban J connectivity index is 1.83. The minimum absolute atomic E-state index is 0.693. The summed E-state index contributed by atoms with van der Waals surface area (Å²) in [4.78, 5) is 0. The number of hydrogen-bond donors (Lipinski definition) is 1. The number of allylic oxidation sites excluding steroid dienone is 1. The highest BCUT2D eigenvalue weighted by Crippen LogP contribution is 2.28. The van der Waals surface area contributed by atoms with Gasteiger partial charge < -0.3 is 5.32 Å². The molecule has 0 spiro atoms. The van der Waals surface area contributed by atoms with Crippen LogP contribution in [0.5, 0.6) is 0 Å². The lowest BCUT2D eigenvalue weighted by molar-refractivity contribution is 0.402. The van der Waals surface area contributed by atoms with E-state index in [1.165, 1.54) is 24.8 Å². The van der Waals surface area contributed by atoms with Crippen molar-refractivity contribution in [1.29, 1.82) is 0 Å². The maximum atomic E-state index is 3.85. The predicted molar refractivity (Wildman–Crippen MR) is 69.2 cm³/mol. The summed E-state index contributed by atoms with van der Waals surface area (Å²) in [7, 11) is 0. The Kier molecular flexibility index (Phi) is 4.17. The smallest absolute Gasteiger partial charge is 0.0208 e. The van der Waals surface area contributed by atoms with Crippen molar-refractivity contribution in [2.24, 2.45) is 5.92 Å². The lowest BCUT2D eigenvalue weighted by atomic mass is 9.99. The molecule has 0 radical (unpaired) electrons. The molecule has 1 aromatic rings. The molecule has 1 nitrogen and oxygen atoms in total. The van der Waals surface area contributed by atoms with Crippen LogP contribution < -0.4 is 5.32 Å². The molecular weight excluding hydrogens is 194 g/mol. The minimum atomic E-state index is 0.693. The summed E-state index contributed by atoms with van der Waals surface area (Å²) in [6.45, 7) is 4.85. The summed E-state index contributed by atoms with van der Waals surface area (Å²) < 4.78 is 0. The molecule has 0 aromatic heterocycles. The topological polar surface area (TPSA) is 12.0 Å². The third-order valence-corrected chi connectivity index (χ3v) is 3.54. The van der Waals surface area contributed by atoms with Crippen LogP contribution in [0.1, 0.15) is 31.2 Å². The molecule has 16 heavy (non-hydrogen) atoms. The average Bonchev–Trinajstić information content (AvgIpc) is 2.76. The van der Waals surface area contributed by atoms with E-state index in [-0.39, 0.29) is 0 Å². The minimum Gasteiger partial charge on any atom is -0.310 e. The Hall–Kier alpha value is -1.08. The van der Waals surface area contributed by atoms with Crippen LogP contribution >= 0.6 is 0 Å². The first-order chi connectivity index (χ1) is 7.90. The summed E-state index contributed by atoms with van der Waals surface area (Å²) in [5.74, 6) is 0.807. The molecule has 1 aliphatic carbocycles. The van der Waals surface area contributed by atoms with E-state index in [2.05, 4.69) is 48.3 Å². The highest BCUT2D eigenvalue weighted by molar-refractivity contribution is 5.14. The van der Waals surface area contributed by atoms with E-state index in [9.17, 15) is 0 Å². The van der Waals surface area contributed by atoms with Crippen LogP contribution in [0.4, 0.5) is 0 Å². The van der Waals surface area contributed by atoms with Crippen LogP contribution in [0.25, 0.3) is 0 Å². The first-order valence-corrected chi connectivity index (χ1v) is 6.28. The van der Waals surface area contributed by atoms with Gasteiger partial charge in [-0.25, -0.2) is 0 Å². The highest BCUT2D eigenvalue weighted by Gasteiger charge is 2.25. The maximum Gasteiger partial charge on any atom is 0.0208 e. The second kappa shape index (κ2) is 5.86. The fraction of sp³-hybridized carbons (Fsp3) is 0.467. The molecule has 86 valence electrons. The van der Waals surface area contributed by atoms with Crippen molar-refractivity contribution in [2.75, 3.05) is 0 Å². The number of rotatable bonds is 5. The van der Waals surface area contributed by atoms with E-state index in [1.54, 1.807) is 0 Å². The summed E-state index contributed by atoms with van der Waals surface area (Å²) in [6, 6.07) is 11.3. The van der Waals surface area contributed by atoms with Crippen molar-refractivity contribution in [3.63, 3.8) is 0 Å². The van der Waals surface area contributed by atoms with Gasteiger partial charge in [-0.15, -0.1) is 6.58 Å². The van der Waals surface area contributed by atoms with Crippen LogP contribution in [0.3, 0.4) is 0 Å². The van der Waals surface area contributed by atoms with Gasteiger partial charge in [0.1, 0.15) is 0 Å². The Labute approximate surface area is 98.6 Å². The predicted octanol–water partition coefficient (Wildman–Crippen LogP) is 3.52. The van der Waals surface area contributed by atoms with E-state index >= 15 is 0 Å². The van der Waals surface area contributed by atoms with Gasteiger partial charge in [0.25, 0.3) is 0 Å². The van der Waals surface area contributed by atoms with E-state index in [1.807, 2.05) is 0 Å². The molecule has 2 atom stereocenters. The summed E-state index contributed by atoms with van der Waals surface area (Å²) >= 11 is 0. The standard InChI is InChI=1S/C15H21N/c1-2-7-14-10-6-11-15(14)16-12-13-8-4-3-5-9-13/h2-5,8-9,14-16H,1,6-7,10-12H2/t14-,15+/m1/s1. The molecule has 0 heterocycles. The lowest BCUT2D eigenvalue weighted by Crippen LogP contribution is -2.31. The average molecular weight is 215 g/mol. The second-order valence-corrected chi connectivity index (χ2v) is 4.69. The zero-order valence-electron chi connectivity index (χ0n) is 9.86. The monoisotopic (exact) mass is 215 g/mol. The lowest BCUT2D eigenvalue weighted by Gasteiger charge is -2.19. The van der Waals surface area contributed by atoms with Gasteiger partial charge in [0, 0.05) is 12.6 Å². The molecule has 1 saturated carbocycles. The quantitative estimate of drug-likeness (QED) is 0.741. The largest absolute Gasteiger partial charge is 0.310 e. The van der Waals surface area contributed by atoms with Crippen molar-refractivity contribution in [1.82, 2.24) is 5.32 Å². The van der Waals surface area contributed by atoms with Gasteiger partial charge >= 0.3 is 0 Å². The third-order valence-electron chi connectivity index (χ3n) is 3.54. The third kappa shape index (κ3) is 2.96. The molecule has 1 N–H and O–H groups in total. The van der Waals surface area contributed by atoms with Crippen LogP contribution in [0.2, 0.25) is 0 Å². The first-order valence-electron chi connectivity index (χ1n) is 6.28. The van der Waals surface area contributed by atoms with Crippen LogP contribution in [0, 0.1) is 5.92 Å². The molecule has 1 aliphatic rings. The molecule has 1 fully saturated rings. The SMILES string of the molecule is C=CC[C@@H]1CCC[C@@H]1NCc1ccccc1. The second-order valence-electron chi connectivity index (χ2n) is 4.69. The van der Waals surface area contributed by atoms with E-state index in [0.717, 1.165) is 18.9 Å². The van der Waals surface area contributed by atoms with Crippen LogP contribution in [-0.2, 0) is 6.54 Å². The van der Waals surface area contributed by atoms with Crippen molar-refractivity contribution < 1.29 is 0 Å². The summed E-state index contributed by atoms with van der Waals surface area (Å²) in [5.41, 5.74) is 1.38. The molecule has 0 bridgehead atoms. The molecule has 1 aromatic carbocycles. The fourth-order valence-corrected chi connectivity index (χ4v) is 2.65. The Morgan fingerprint density at radius 1 is 1.25 bits per heavy atom. The van der Waals surface area contributed by atoms with Gasteiger partial charge in [-0.1, -0.05) is 42.8 Å². The number of nitrogens with one attached hydrogen (secondary N) is 1. The van der Waals surface area contributed by atoms with Crippen molar-refractivity contribution in [3.8, 4) is 0 Å². The molecule has 0 saturated heterocycles. The van der Waals surface area contributed by atoms with Gasteiger partial charge in [-0.3, -0.25) is 0 Å². The Morgan fingerprint density at radius 2 is 2.06 bits per heavy atom. The molecule has 0 unspecified atom stereocenters. The molecule has 0 aliphatic heterocycles. The first kappa shape index (κ1) is 11.4. The van der Waals surface area contributed by atoms with Gasteiger partial charge in [0.15, 0.2) is 0 Å². The van der Waals surface area contributed by atoms with Gasteiger partial charge in [0.05, 0.1) is 0 Å². The molecule has 0 amide bonds. The van der Waals surface area contributed by atoms with E-state index in [0.29, 0.717) is 6.04 Å².